The van der Waals surface area contributed by atoms with Crippen molar-refractivity contribution >= 4 is 33.6 Å². The molecule has 0 atom stereocenters. The van der Waals surface area contributed by atoms with Gasteiger partial charge in [0.1, 0.15) is 4.60 Å². The number of aromatic carboxylic acids is 1. The normalized spacial score (nSPS) is 9.57. The number of halogens is 1. The summed E-state index contributed by atoms with van der Waals surface area (Å²) in [5.41, 5.74) is -0.225. The smallest absolute Gasteiger partial charge is 0.356 e. The molecule has 6 nitrogen and oxygen atoms in total. The number of aromatic nitrogens is 2. The summed E-state index contributed by atoms with van der Waals surface area (Å²) in [7, 11) is 0. The van der Waals surface area contributed by atoms with Crippen molar-refractivity contribution in [1.29, 1.82) is 0 Å². The first-order valence-corrected chi connectivity index (χ1v) is 4.33. The minimum atomic E-state index is -1.20. The molecule has 0 aliphatic heterocycles. The Bertz CT molecular complexity index is 394. The molecule has 0 aromatic carbocycles. The molecule has 1 aromatic heterocycles. The fourth-order valence-corrected chi connectivity index (χ4v) is 1.01. The lowest BCUT2D eigenvalue weighted by atomic mass is 10.4. The van der Waals surface area contributed by atoms with E-state index in [1.165, 1.54) is 6.92 Å². The van der Waals surface area contributed by atoms with Crippen LogP contribution in [0.1, 0.15) is 17.4 Å². The van der Waals surface area contributed by atoms with Crippen LogP contribution in [0.3, 0.4) is 0 Å². The van der Waals surface area contributed by atoms with E-state index in [1.54, 1.807) is 0 Å². The number of amides is 1. The summed E-state index contributed by atoms with van der Waals surface area (Å²) in [6.07, 6.45) is 1.09. The lowest BCUT2D eigenvalue weighted by molar-refractivity contribution is -0.114. The van der Waals surface area contributed by atoms with Crippen molar-refractivity contribution in [3.05, 3.63) is 16.5 Å². The van der Waals surface area contributed by atoms with Crippen LogP contribution in [0, 0.1) is 0 Å². The van der Waals surface area contributed by atoms with Crippen LogP contribution in [-0.2, 0) is 4.79 Å². The quantitative estimate of drug-likeness (QED) is 0.823. The van der Waals surface area contributed by atoms with E-state index in [0.29, 0.717) is 0 Å². The number of nitrogens with one attached hydrogen (secondary N) is 1. The van der Waals surface area contributed by atoms with Crippen LogP contribution >= 0.6 is 15.9 Å². The minimum Gasteiger partial charge on any atom is -0.476 e. The third-order valence-electron chi connectivity index (χ3n) is 1.24. The van der Waals surface area contributed by atoms with Crippen molar-refractivity contribution in [2.45, 2.75) is 6.92 Å². The molecule has 0 fully saturated rings. The number of carbonyl (C=O) groups excluding carboxylic acids is 1. The second-order valence-corrected chi connectivity index (χ2v) is 3.13. The number of rotatable bonds is 2. The number of anilines is 1. The van der Waals surface area contributed by atoms with Gasteiger partial charge in [-0.15, -0.1) is 0 Å². The molecule has 0 spiro atoms. The largest absolute Gasteiger partial charge is 0.476 e. The summed E-state index contributed by atoms with van der Waals surface area (Å²) in [5.74, 6) is -1.45. The molecule has 1 amide bonds. The molecule has 0 aliphatic carbocycles. The SMILES string of the molecule is CC(=O)Nc1nc(C(=O)O)cnc1Br. The predicted octanol–water partition coefficient (Wildman–Crippen LogP) is 0.896. The second kappa shape index (κ2) is 4.14. The summed E-state index contributed by atoms with van der Waals surface area (Å²) < 4.78 is 0.290. The molecule has 0 bridgehead atoms. The Balaban J connectivity index is 3.08. The maximum Gasteiger partial charge on any atom is 0.356 e. The number of hydrogen-bond donors (Lipinski definition) is 2. The van der Waals surface area contributed by atoms with E-state index in [-0.39, 0.29) is 22.0 Å². The van der Waals surface area contributed by atoms with Gasteiger partial charge >= 0.3 is 5.97 Å². The van der Waals surface area contributed by atoms with Crippen molar-refractivity contribution in [3.63, 3.8) is 0 Å². The first-order valence-electron chi connectivity index (χ1n) is 3.54. The molecule has 1 rings (SSSR count). The van der Waals surface area contributed by atoms with Gasteiger partial charge in [-0.05, 0) is 15.9 Å². The van der Waals surface area contributed by atoms with Crippen molar-refractivity contribution < 1.29 is 14.7 Å². The predicted molar refractivity (Wildman–Crippen MR) is 51.0 cm³/mol. The highest BCUT2D eigenvalue weighted by Gasteiger charge is 2.10. The molecule has 2 N–H and O–H groups in total. The van der Waals surface area contributed by atoms with E-state index < -0.39 is 5.97 Å². The summed E-state index contributed by atoms with van der Waals surface area (Å²) >= 11 is 3.03. The molecule has 7 heteroatoms. The van der Waals surface area contributed by atoms with E-state index in [9.17, 15) is 9.59 Å². The maximum atomic E-state index is 10.7. The van der Waals surface area contributed by atoms with Crippen LogP contribution in [0.15, 0.2) is 10.8 Å². The van der Waals surface area contributed by atoms with Crippen molar-refractivity contribution in [1.82, 2.24) is 9.97 Å². The van der Waals surface area contributed by atoms with Crippen LogP contribution in [0.2, 0.25) is 0 Å². The van der Waals surface area contributed by atoms with Gasteiger partial charge in [0.2, 0.25) is 5.91 Å². The molecule has 0 saturated carbocycles. The Kier molecular flexibility index (Phi) is 3.13. The van der Waals surface area contributed by atoms with Crippen LogP contribution < -0.4 is 5.32 Å². The second-order valence-electron chi connectivity index (χ2n) is 2.38. The molecule has 0 radical (unpaired) electrons. The average molecular weight is 260 g/mol. The van der Waals surface area contributed by atoms with E-state index in [4.69, 9.17) is 5.11 Å². The molecule has 0 unspecified atom stereocenters. The molecule has 1 heterocycles. The standard InChI is InChI=1S/C7H6BrN3O3/c1-3(12)10-6-5(8)9-2-4(11-6)7(13)14/h2H,1H3,(H,13,14)(H,10,11,12). The van der Waals surface area contributed by atoms with E-state index >= 15 is 0 Å². The first-order chi connectivity index (χ1) is 6.50. The number of carboxylic acid groups (broad SMARTS) is 1. The summed E-state index contributed by atoms with van der Waals surface area (Å²) in [6.45, 7) is 1.29. The molecule has 74 valence electrons. The molecular weight excluding hydrogens is 254 g/mol. The Morgan fingerprint density at radius 3 is 2.71 bits per heavy atom. The monoisotopic (exact) mass is 259 g/mol. The zero-order valence-electron chi connectivity index (χ0n) is 7.11. The molecular formula is C7H6BrN3O3. The van der Waals surface area contributed by atoms with Gasteiger partial charge in [-0.3, -0.25) is 4.79 Å². The van der Waals surface area contributed by atoms with Gasteiger partial charge in [-0.1, -0.05) is 0 Å². The molecule has 1 aromatic rings. The van der Waals surface area contributed by atoms with Gasteiger partial charge < -0.3 is 10.4 Å². The number of nitrogens with zero attached hydrogens (tertiary/aromatic N) is 2. The number of carbonyl (C=O) groups is 2. The summed E-state index contributed by atoms with van der Waals surface area (Å²) in [6, 6.07) is 0. The van der Waals surface area contributed by atoms with E-state index in [2.05, 4.69) is 31.2 Å². The average Bonchev–Trinajstić information content (AvgIpc) is 2.07. The third-order valence-corrected chi connectivity index (χ3v) is 1.82. The zero-order valence-corrected chi connectivity index (χ0v) is 8.70. The Morgan fingerprint density at radius 1 is 1.57 bits per heavy atom. The van der Waals surface area contributed by atoms with Gasteiger partial charge in [0.25, 0.3) is 0 Å². The molecule has 0 saturated heterocycles. The van der Waals surface area contributed by atoms with Crippen LogP contribution in [0.4, 0.5) is 5.82 Å². The van der Waals surface area contributed by atoms with Gasteiger partial charge in [0.15, 0.2) is 11.5 Å². The lowest BCUT2D eigenvalue weighted by Crippen LogP contribution is -2.11. The summed E-state index contributed by atoms with van der Waals surface area (Å²) in [4.78, 5) is 28.6. The number of hydrogen-bond acceptors (Lipinski definition) is 4. The van der Waals surface area contributed by atoms with Gasteiger partial charge in [0, 0.05) is 6.92 Å². The fraction of sp³-hybridized carbons (Fsp3) is 0.143. The maximum absolute atomic E-state index is 10.7. The zero-order chi connectivity index (χ0) is 10.7. The van der Waals surface area contributed by atoms with Crippen LogP contribution in [-0.4, -0.2) is 27.0 Å². The van der Waals surface area contributed by atoms with Gasteiger partial charge in [0.05, 0.1) is 6.20 Å². The van der Waals surface area contributed by atoms with Crippen LogP contribution in [0.5, 0.6) is 0 Å². The summed E-state index contributed by atoms with van der Waals surface area (Å²) in [5, 5.41) is 10.9. The van der Waals surface area contributed by atoms with Crippen LogP contribution in [0.25, 0.3) is 0 Å². The fourth-order valence-electron chi connectivity index (χ4n) is 0.724. The van der Waals surface area contributed by atoms with Crippen molar-refractivity contribution in [3.8, 4) is 0 Å². The Labute approximate surface area is 87.5 Å². The molecule has 14 heavy (non-hydrogen) atoms. The highest BCUT2D eigenvalue weighted by molar-refractivity contribution is 9.10. The lowest BCUT2D eigenvalue weighted by Gasteiger charge is -2.03. The van der Waals surface area contributed by atoms with E-state index in [1.807, 2.05) is 0 Å². The van der Waals surface area contributed by atoms with Gasteiger partial charge in [-0.2, -0.15) is 0 Å². The Hall–Kier alpha value is -1.50. The van der Waals surface area contributed by atoms with Crippen molar-refractivity contribution in [2.75, 3.05) is 5.32 Å². The number of carboxylic acids is 1. The minimum absolute atomic E-state index is 0.0948. The van der Waals surface area contributed by atoms with Crippen molar-refractivity contribution in [2.24, 2.45) is 0 Å². The topological polar surface area (TPSA) is 92.2 Å². The third kappa shape index (κ3) is 2.49. The highest BCUT2D eigenvalue weighted by atomic mass is 79.9. The molecule has 0 aliphatic rings. The highest BCUT2D eigenvalue weighted by Crippen LogP contribution is 2.16. The van der Waals surface area contributed by atoms with E-state index in [0.717, 1.165) is 6.20 Å². The first kappa shape index (κ1) is 10.6. The Morgan fingerprint density at radius 2 is 2.21 bits per heavy atom. The van der Waals surface area contributed by atoms with Gasteiger partial charge in [-0.25, -0.2) is 14.8 Å².